The van der Waals surface area contributed by atoms with Gasteiger partial charge in [-0.2, -0.15) is 0 Å². The monoisotopic (exact) mass is 143 g/mol. The molecule has 1 aliphatic rings. The van der Waals surface area contributed by atoms with Crippen LogP contribution in [0.25, 0.3) is 0 Å². The lowest BCUT2D eigenvalue weighted by Crippen LogP contribution is -2.06. The third-order valence-electron chi connectivity index (χ3n) is 1.08. The van der Waals surface area contributed by atoms with Crippen LogP contribution in [0.4, 0.5) is 0 Å². The third-order valence-corrected chi connectivity index (χ3v) is 2.44. The molecule has 0 bridgehead atoms. The number of allylic oxidation sites excluding steroid dienone is 1. The average molecular weight is 143 g/mol. The molecule has 0 aromatic carbocycles. The summed E-state index contributed by atoms with van der Waals surface area (Å²) in [7, 11) is 0.00849. The first kappa shape index (κ1) is 8.92. The van der Waals surface area contributed by atoms with Crippen LogP contribution in [-0.2, 0) is 4.43 Å². The Morgan fingerprint density at radius 1 is 1.44 bits per heavy atom. The maximum absolute atomic E-state index is 5.21. The molecule has 2 heteroatoms. The number of hydrogen-bond donors (Lipinski definition) is 0. The van der Waals surface area contributed by atoms with Crippen molar-refractivity contribution in [2.45, 2.75) is 18.9 Å². The van der Waals surface area contributed by atoms with E-state index in [9.17, 15) is 0 Å². The molecule has 1 fully saturated rings. The van der Waals surface area contributed by atoms with Gasteiger partial charge in [0.2, 0.25) is 0 Å². The van der Waals surface area contributed by atoms with Gasteiger partial charge in [0.05, 0.1) is 0 Å². The summed E-state index contributed by atoms with van der Waals surface area (Å²) in [6.45, 7) is 7.56. The Labute approximate surface area is 60.1 Å². The molecule has 1 heterocycles. The lowest BCUT2D eigenvalue weighted by Gasteiger charge is -2.07. The molecular weight excluding hydrogens is 128 g/mol. The highest BCUT2D eigenvalue weighted by Crippen LogP contribution is 2.01. The minimum Gasteiger partial charge on any atom is -0.424 e. The van der Waals surface area contributed by atoms with Crippen LogP contribution in [0.5, 0.6) is 0 Å². The number of rotatable bonds is 0. The first-order valence-corrected chi connectivity index (χ1v) is 4.97. The summed E-state index contributed by atoms with van der Waals surface area (Å²) in [5.74, 6) is 0. The van der Waals surface area contributed by atoms with Gasteiger partial charge in [-0.25, -0.2) is 0 Å². The Kier molecular flexibility index (Phi) is 7.84. The topological polar surface area (TPSA) is 9.23 Å². The van der Waals surface area contributed by atoms with Gasteiger partial charge in [-0.1, -0.05) is 12.5 Å². The molecule has 0 N–H and O–H groups in total. The molecule has 9 heavy (non-hydrogen) atoms. The van der Waals surface area contributed by atoms with Crippen LogP contribution in [0.1, 0.15) is 12.8 Å². The predicted octanol–water partition coefficient (Wildman–Crippen LogP) is 1.31. The molecule has 1 nitrogen and oxygen atoms in total. The van der Waals surface area contributed by atoms with Crippen molar-refractivity contribution >= 4 is 9.76 Å². The van der Waals surface area contributed by atoms with Crippen molar-refractivity contribution in [3.05, 3.63) is 19.6 Å². The molecule has 0 saturated carbocycles. The molecular formula is C7H15OSi. The molecule has 53 valence electrons. The zero-order valence-electron chi connectivity index (χ0n) is 5.94. The summed E-state index contributed by atoms with van der Waals surface area (Å²) in [5.41, 5.74) is 0. The van der Waals surface area contributed by atoms with Crippen LogP contribution in [0.3, 0.4) is 0 Å². The Morgan fingerprint density at radius 2 is 2.11 bits per heavy atom. The highest BCUT2D eigenvalue weighted by molar-refractivity contribution is 6.27. The van der Waals surface area contributed by atoms with Crippen molar-refractivity contribution in [3.8, 4) is 0 Å². The van der Waals surface area contributed by atoms with Gasteiger partial charge in [-0.15, -0.1) is 6.58 Å². The van der Waals surface area contributed by atoms with Gasteiger partial charge in [-0.05, 0) is 19.4 Å². The normalized spacial score (nSPS) is 20.1. The van der Waals surface area contributed by atoms with Gasteiger partial charge in [0.25, 0.3) is 0 Å². The van der Waals surface area contributed by atoms with E-state index >= 15 is 0 Å². The second-order valence-electron chi connectivity index (χ2n) is 1.96. The molecule has 1 aliphatic heterocycles. The van der Waals surface area contributed by atoms with E-state index in [1.807, 2.05) is 0 Å². The Hall–Kier alpha value is -0.0831. The summed E-state index contributed by atoms with van der Waals surface area (Å²) < 4.78 is 5.21. The maximum Gasteiger partial charge on any atom is 0.161 e. The van der Waals surface area contributed by atoms with Gasteiger partial charge >= 0.3 is 0 Å². The van der Waals surface area contributed by atoms with E-state index in [0.29, 0.717) is 0 Å². The highest BCUT2D eigenvalue weighted by Gasteiger charge is 1.96. The zero-order chi connectivity index (χ0) is 6.95. The van der Waals surface area contributed by atoms with Crippen molar-refractivity contribution in [3.63, 3.8) is 0 Å². The van der Waals surface area contributed by atoms with E-state index < -0.39 is 0 Å². The van der Waals surface area contributed by atoms with Gasteiger partial charge in [-0.3, -0.25) is 0 Å². The predicted molar refractivity (Wildman–Crippen MR) is 44.1 cm³/mol. The largest absolute Gasteiger partial charge is 0.424 e. The van der Waals surface area contributed by atoms with E-state index in [2.05, 4.69) is 13.5 Å². The molecule has 1 saturated heterocycles. The molecule has 0 aromatic heterocycles. The molecule has 1 radical (unpaired) electrons. The van der Waals surface area contributed by atoms with E-state index in [1.54, 1.807) is 0 Å². The van der Waals surface area contributed by atoms with Crippen LogP contribution < -0.4 is 0 Å². The Morgan fingerprint density at radius 3 is 2.22 bits per heavy atom. The van der Waals surface area contributed by atoms with Gasteiger partial charge < -0.3 is 4.43 Å². The zero-order valence-corrected chi connectivity index (χ0v) is 7.35. The Bertz CT molecular complexity index is 48.4. The third kappa shape index (κ3) is 7.92. The summed E-state index contributed by atoms with van der Waals surface area (Å²) >= 11 is 0. The lowest BCUT2D eigenvalue weighted by molar-refractivity contribution is 0.304. The van der Waals surface area contributed by atoms with E-state index in [4.69, 9.17) is 4.43 Å². The standard InChI is InChI=1S/C4H10OSi.C3H5/c1-2-4-6-5-3-1;1-3-2/h1-4,6H2;3H,1-2H2. The fraction of sp³-hybridized carbons (Fsp3) is 0.571. The van der Waals surface area contributed by atoms with Crippen molar-refractivity contribution in [1.29, 1.82) is 0 Å². The summed E-state index contributed by atoms with van der Waals surface area (Å²) in [6.07, 6.45) is 4.25. The number of hydrogen-bond acceptors (Lipinski definition) is 1. The second-order valence-corrected chi connectivity index (χ2v) is 3.49. The van der Waals surface area contributed by atoms with E-state index in [1.165, 1.54) is 25.0 Å². The van der Waals surface area contributed by atoms with E-state index in [-0.39, 0.29) is 9.76 Å². The quantitative estimate of drug-likeness (QED) is 0.465. The smallest absolute Gasteiger partial charge is 0.161 e. The minimum absolute atomic E-state index is 0.00849. The SMILES string of the molecule is C1CC[SiH2]OC1.[CH2]C=C. The first-order chi connectivity index (χ1) is 4.41. The summed E-state index contributed by atoms with van der Waals surface area (Å²) in [5, 5.41) is 0. The van der Waals surface area contributed by atoms with Gasteiger partial charge in [0.1, 0.15) is 0 Å². The summed E-state index contributed by atoms with van der Waals surface area (Å²) in [6, 6.07) is 1.42. The maximum atomic E-state index is 5.21. The fourth-order valence-corrected chi connectivity index (χ4v) is 1.86. The minimum atomic E-state index is 0.00849. The van der Waals surface area contributed by atoms with Crippen molar-refractivity contribution in [2.75, 3.05) is 6.61 Å². The highest BCUT2D eigenvalue weighted by atomic mass is 28.2. The molecule has 0 amide bonds. The Balaban J connectivity index is 0.000000187. The summed E-state index contributed by atoms with van der Waals surface area (Å²) in [4.78, 5) is 0. The molecule has 1 rings (SSSR count). The molecule has 0 aromatic rings. The van der Waals surface area contributed by atoms with Gasteiger partial charge in [0.15, 0.2) is 9.76 Å². The van der Waals surface area contributed by atoms with Crippen molar-refractivity contribution < 1.29 is 4.43 Å². The van der Waals surface area contributed by atoms with Crippen LogP contribution in [-0.4, -0.2) is 16.4 Å². The van der Waals surface area contributed by atoms with E-state index in [0.717, 1.165) is 6.61 Å². The lowest BCUT2D eigenvalue weighted by atomic mass is 10.4. The fourth-order valence-electron chi connectivity index (χ4n) is 0.687. The van der Waals surface area contributed by atoms with Crippen LogP contribution in [0, 0.1) is 6.92 Å². The van der Waals surface area contributed by atoms with Crippen molar-refractivity contribution in [2.24, 2.45) is 0 Å². The van der Waals surface area contributed by atoms with Crippen LogP contribution in [0.2, 0.25) is 6.04 Å². The second kappa shape index (κ2) is 7.92. The van der Waals surface area contributed by atoms with Gasteiger partial charge in [0, 0.05) is 6.61 Å². The molecule has 0 spiro atoms. The van der Waals surface area contributed by atoms with Crippen LogP contribution in [0.15, 0.2) is 12.7 Å². The van der Waals surface area contributed by atoms with Crippen molar-refractivity contribution in [1.82, 2.24) is 0 Å². The molecule has 0 atom stereocenters. The molecule has 0 aliphatic carbocycles. The molecule has 0 unspecified atom stereocenters. The average Bonchev–Trinajstić information content (AvgIpc) is 1.93. The van der Waals surface area contributed by atoms with Crippen LogP contribution >= 0.6 is 0 Å². The first-order valence-electron chi connectivity index (χ1n) is 3.39.